The van der Waals surface area contributed by atoms with Crippen molar-refractivity contribution in [3.05, 3.63) is 35.4 Å². The van der Waals surface area contributed by atoms with Crippen LogP contribution in [0.5, 0.6) is 0 Å². The van der Waals surface area contributed by atoms with Gasteiger partial charge in [0, 0.05) is 0 Å². The summed E-state index contributed by atoms with van der Waals surface area (Å²) in [7, 11) is 0. The minimum atomic E-state index is -0.738. The molecule has 140 valence electrons. The molecule has 0 N–H and O–H groups in total. The molecule has 0 aromatic heterocycles. The Bertz CT molecular complexity index is 532. The second kappa shape index (κ2) is 8.64. The molecule has 3 rings (SSSR count). The number of hydrogen-bond donors (Lipinski definition) is 0. The highest BCUT2D eigenvalue weighted by Crippen LogP contribution is 2.52. The Morgan fingerprint density at radius 1 is 0.960 bits per heavy atom. The molecule has 0 amide bonds. The van der Waals surface area contributed by atoms with Crippen LogP contribution in [0.4, 0.5) is 8.78 Å². The molecule has 2 fully saturated rings. The first kappa shape index (κ1) is 18.9. The quantitative estimate of drug-likeness (QED) is 0.500. The van der Waals surface area contributed by atoms with Gasteiger partial charge in [-0.25, -0.2) is 8.78 Å². The molecule has 0 saturated heterocycles. The van der Waals surface area contributed by atoms with Crippen LogP contribution in [0.1, 0.15) is 89.5 Å². The molecule has 25 heavy (non-hydrogen) atoms. The van der Waals surface area contributed by atoms with Gasteiger partial charge in [0.25, 0.3) is 0 Å². The van der Waals surface area contributed by atoms with Crippen molar-refractivity contribution in [3.63, 3.8) is 0 Å². The smallest absolute Gasteiger partial charge is 0.159 e. The molecule has 0 aliphatic heterocycles. The summed E-state index contributed by atoms with van der Waals surface area (Å²) in [6.45, 7) is 2.35. The number of rotatable bonds is 6. The minimum Gasteiger partial charge on any atom is -0.204 e. The molecule has 1 aromatic rings. The van der Waals surface area contributed by atoms with Crippen molar-refractivity contribution < 1.29 is 8.78 Å². The van der Waals surface area contributed by atoms with Crippen molar-refractivity contribution in [3.8, 4) is 0 Å². The maximum absolute atomic E-state index is 13.3. The van der Waals surface area contributed by atoms with Crippen LogP contribution in [0.3, 0.4) is 0 Å². The van der Waals surface area contributed by atoms with Crippen LogP contribution in [-0.4, -0.2) is 0 Å². The molecule has 2 aliphatic carbocycles. The molecule has 0 heterocycles. The molecular formula is C23H34F2. The van der Waals surface area contributed by atoms with Crippen molar-refractivity contribution in [2.24, 2.45) is 17.3 Å². The van der Waals surface area contributed by atoms with Gasteiger partial charge in [0.15, 0.2) is 11.6 Å². The summed E-state index contributed by atoms with van der Waals surface area (Å²) in [5.41, 5.74) is 1.59. The number of halogens is 2. The van der Waals surface area contributed by atoms with Gasteiger partial charge in [-0.1, -0.05) is 51.5 Å². The zero-order chi connectivity index (χ0) is 17.7. The molecule has 1 aromatic carbocycles. The summed E-state index contributed by atoms with van der Waals surface area (Å²) in [5.74, 6) is 0.261. The first-order valence-electron chi connectivity index (χ1n) is 10.6. The van der Waals surface area contributed by atoms with Crippen molar-refractivity contribution in [2.45, 2.75) is 90.4 Å². The van der Waals surface area contributed by atoms with Gasteiger partial charge < -0.3 is 0 Å². The van der Waals surface area contributed by atoms with E-state index in [2.05, 4.69) is 6.92 Å². The lowest BCUT2D eigenvalue weighted by atomic mass is 9.59. The van der Waals surface area contributed by atoms with E-state index in [9.17, 15) is 8.78 Å². The number of benzene rings is 1. The summed E-state index contributed by atoms with van der Waals surface area (Å²) in [4.78, 5) is 0. The molecule has 0 spiro atoms. The summed E-state index contributed by atoms with van der Waals surface area (Å²) < 4.78 is 26.4. The highest BCUT2D eigenvalue weighted by Gasteiger charge is 2.40. The Kier molecular flexibility index (Phi) is 6.52. The summed E-state index contributed by atoms with van der Waals surface area (Å²) >= 11 is 0. The van der Waals surface area contributed by atoms with Crippen molar-refractivity contribution >= 4 is 0 Å². The second-order valence-corrected chi connectivity index (χ2v) is 8.68. The predicted molar refractivity (Wildman–Crippen MR) is 101 cm³/mol. The Labute approximate surface area is 152 Å². The normalized spacial score (nSPS) is 26.5. The fourth-order valence-corrected chi connectivity index (χ4v) is 5.75. The molecular weight excluding hydrogens is 314 g/mol. The van der Waals surface area contributed by atoms with Gasteiger partial charge in [-0.3, -0.25) is 0 Å². The minimum absolute atomic E-state index is 0.651. The topological polar surface area (TPSA) is 0 Å². The molecule has 0 atom stereocenters. The van der Waals surface area contributed by atoms with Crippen molar-refractivity contribution in [1.29, 1.82) is 0 Å². The van der Waals surface area contributed by atoms with E-state index in [0.29, 0.717) is 5.41 Å². The lowest BCUT2D eigenvalue weighted by molar-refractivity contribution is 0.0445. The molecule has 2 aliphatic rings. The lowest BCUT2D eigenvalue weighted by Crippen LogP contribution is -2.35. The monoisotopic (exact) mass is 348 g/mol. The standard InChI is InChI=1S/C23H34F2/c1-2-14-23(15-4-3-5-16-23)20-11-8-18(9-12-20)6-7-19-10-13-21(24)22(25)17-19/h10,13,17-18,20H,2-9,11-12,14-16H2,1H3. The first-order chi connectivity index (χ1) is 12.1. The third-order valence-electron chi connectivity index (χ3n) is 7.14. The van der Waals surface area contributed by atoms with Crippen molar-refractivity contribution in [2.75, 3.05) is 0 Å². The second-order valence-electron chi connectivity index (χ2n) is 8.68. The van der Waals surface area contributed by atoms with E-state index in [1.54, 1.807) is 6.07 Å². The van der Waals surface area contributed by atoms with Crippen LogP contribution in [0.15, 0.2) is 18.2 Å². The Balaban J connectivity index is 1.50. The van der Waals surface area contributed by atoms with Crippen LogP contribution in [0.2, 0.25) is 0 Å². The van der Waals surface area contributed by atoms with Crippen LogP contribution in [0.25, 0.3) is 0 Å². The molecule has 2 heteroatoms. The Hall–Kier alpha value is -0.920. The molecule has 0 unspecified atom stereocenters. The summed E-state index contributed by atoms with van der Waals surface area (Å²) in [5, 5.41) is 0. The number of hydrogen-bond acceptors (Lipinski definition) is 0. The van der Waals surface area contributed by atoms with E-state index in [0.717, 1.165) is 30.2 Å². The molecule has 0 radical (unpaired) electrons. The summed E-state index contributed by atoms with van der Waals surface area (Å²) in [6.07, 6.45) is 17.5. The van der Waals surface area contributed by atoms with Gasteiger partial charge in [0.05, 0.1) is 0 Å². The largest absolute Gasteiger partial charge is 0.204 e. The molecule has 0 nitrogen and oxygen atoms in total. The van der Waals surface area contributed by atoms with Crippen LogP contribution in [0, 0.1) is 28.9 Å². The highest BCUT2D eigenvalue weighted by atomic mass is 19.2. The molecule has 2 saturated carbocycles. The third-order valence-corrected chi connectivity index (χ3v) is 7.14. The van der Waals surface area contributed by atoms with Crippen molar-refractivity contribution in [1.82, 2.24) is 0 Å². The van der Waals surface area contributed by atoms with Gasteiger partial charge in [0.1, 0.15) is 0 Å². The van der Waals surface area contributed by atoms with Crippen LogP contribution in [-0.2, 0) is 6.42 Å². The van der Waals surface area contributed by atoms with Gasteiger partial charge in [-0.15, -0.1) is 0 Å². The van der Waals surface area contributed by atoms with E-state index in [4.69, 9.17) is 0 Å². The third kappa shape index (κ3) is 4.63. The average Bonchev–Trinajstić information content (AvgIpc) is 2.64. The molecule has 0 bridgehead atoms. The first-order valence-corrected chi connectivity index (χ1v) is 10.6. The predicted octanol–water partition coefficient (Wildman–Crippen LogP) is 7.45. The number of aryl methyl sites for hydroxylation is 1. The summed E-state index contributed by atoms with van der Waals surface area (Å²) in [6, 6.07) is 4.38. The van der Waals surface area contributed by atoms with E-state index in [1.165, 1.54) is 82.8 Å². The highest BCUT2D eigenvalue weighted by molar-refractivity contribution is 5.17. The van der Waals surface area contributed by atoms with E-state index < -0.39 is 11.6 Å². The van der Waals surface area contributed by atoms with E-state index in [1.807, 2.05) is 0 Å². The Morgan fingerprint density at radius 2 is 1.68 bits per heavy atom. The van der Waals surface area contributed by atoms with Crippen LogP contribution < -0.4 is 0 Å². The lowest BCUT2D eigenvalue weighted by Gasteiger charge is -2.47. The van der Waals surface area contributed by atoms with E-state index >= 15 is 0 Å². The Morgan fingerprint density at radius 3 is 2.32 bits per heavy atom. The maximum Gasteiger partial charge on any atom is 0.159 e. The average molecular weight is 349 g/mol. The zero-order valence-corrected chi connectivity index (χ0v) is 15.8. The maximum atomic E-state index is 13.3. The van der Waals surface area contributed by atoms with Gasteiger partial charge in [-0.2, -0.15) is 0 Å². The van der Waals surface area contributed by atoms with Gasteiger partial charge in [-0.05, 0) is 79.9 Å². The SMILES string of the molecule is CCCC1(C2CCC(CCc3ccc(F)c(F)c3)CC2)CCCCC1. The van der Waals surface area contributed by atoms with Gasteiger partial charge in [0.2, 0.25) is 0 Å². The van der Waals surface area contributed by atoms with E-state index in [-0.39, 0.29) is 0 Å². The fourth-order valence-electron chi connectivity index (χ4n) is 5.75. The van der Waals surface area contributed by atoms with Gasteiger partial charge >= 0.3 is 0 Å². The zero-order valence-electron chi connectivity index (χ0n) is 15.8. The fraction of sp³-hybridized carbons (Fsp3) is 0.739. The van der Waals surface area contributed by atoms with Crippen LogP contribution >= 0.6 is 0 Å².